The Morgan fingerprint density at radius 2 is 1.90 bits per heavy atom. The van der Waals surface area contributed by atoms with Crippen molar-refractivity contribution < 1.29 is 28.8 Å². The van der Waals surface area contributed by atoms with E-state index in [2.05, 4.69) is 13.8 Å². The molecule has 5 fully saturated rings. The summed E-state index contributed by atoms with van der Waals surface area (Å²) in [4.78, 5) is 12.1. The van der Waals surface area contributed by atoms with Crippen LogP contribution in [-0.2, 0) is 23.7 Å². The summed E-state index contributed by atoms with van der Waals surface area (Å²) in [6.45, 7) is 5.44. The molecule has 0 aromatic heterocycles. The average Bonchev–Trinajstić information content (AvgIpc) is 3.37. The van der Waals surface area contributed by atoms with E-state index in [1.54, 1.807) is 0 Å². The highest BCUT2D eigenvalue weighted by Gasteiger charge is 2.76. The summed E-state index contributed by atoms with van der Waals surface area (Å²) in [5.74, 6) is 0.506. The first-order valence-electron chi connectivity index (χ1n) is 11.3. The summed E-state index contributed by atoms with van der Waals surface area (Å²) in [6, 6.07) is 0. The Balaban J connectivity index is 1.41. The van der Waals surface area contributed by atoms with Crippen LogP contribution in [0.4, 0.5) is 0 Å². The van der Waals surface area contributed by atoms with Crippen molar-refractivity contribution in [2.24, 2.45) is 28.6 Å². The number of hydrogen-bond acceptors (Lipinski definition) is 6. The van der Waals surface area contributed by atoms with Crippen LogP contribution in [0.1, 0.15) is 58.8 Å². The molecule has 4 aliphatic carbocycles. The highest BCUT2D eigenvalue weighted by Crippen LogP contribution is 2.71. The molecule has 2 saturated heterocycles. The molecule has 3 saturated carbocycles. The predicted octanol–water partition coefficient (Wildman–Crippen LogP) is 2.93. The van der Waals surface area contributed by atoms with Gasteiger partial charge in [0.1, 0.15) is 12.2 Å². The van der Waals surface area contributed by atoms with Crippen LogP contribution in [0.5, 0.6) is 0 Å². The molecule has 160 valence electrons. The maximum Gasteiger partial charge on any atom is 0.226 e. The number of carbonyl (C=O) groups is 1. The molecular weight excluding hydrogens is 372 g/mol. The summed E-state index contributed by atoms with van der Waals surface area (Å²) in [7, 11) is 0. The fourth-order valence-corrected chi connectivity index (χ4v) is 8.66. The summed E-state index contributed by atoms with van der Waals surface area (Å²) in [6.07, 6.45) is 7.58. The lowest BCUT2D eigenvalue weighted by Crippen LogP contribution is -2.66. The van der Waals surface area contributed by atoms with Gasteiger partial charge in [0.25, 0.3) is 0 Å². The van der Waals surface area contributed by atoms with Crippen molar-refractivity contribution in [1.29, 1.82) is 0 Å². The third-order valence-corrected chi connectivity index (χ3v) is 9.90. The van der Waals surface area contributed by atoms with Crippen molar-refractivity contribution in [2.75, 3.05) is 20.2 Å². The van der Waals surface area contributed by atoms with Gasteiger partial charge in [-0.2, -0.15) is 0 Å². The van der Waals surface area contributed by atoms with Crippen LogP contribution in [0, 0.1) is 28.6 Å². The predicted molar refractivity (Wildman–Crippen MR) is 103 cm³/mol. The minimum absolute atomic E-state index is 0.0645. The molecule has 0 aromatic carbocycles. The lowest BCUT2D eigenvalue weighted by molar-refractivity contribution is -0.257. The Morgan fingerprint density at radius 3 is 2.69 bits per heavy atom. The second kappa shape index (κ2) is 5.92. The largest absolute Gasteiger partial charge is 0.393 e. The van der Waals surface area contributed by atoms with Crippen molar-refractivity contribution in [1.82, 2.24) is 0 Å². The lowest BCUT2D eigenvalue weighted by Gasteiger charge is -2.61. The summed E-state index contributed by atoms with van der Waals surface area (Å²) < 4.78 is 24.1. The molecular formula is C23H32O6. The van der Waals surface area contributed by atoms with Crippen molar-refractivity contribution in [2.45, 2.75) is 76.3 Å². The molecule has 0 bridgehead atoms. The van der Waals surface area contributed by atoms with E-state index in [0.29, 0.717) is 31.3 Å². The molecule has 6 heteroatoms. The maximum atomic E-state index is 12.1. The van der Waals surface area contributed by atoms with Crippen LogP contribution in [0.25, 0.3) is 0 Å². The third kappa shape index (κ3) is 2.13. The zero-order valence-corrected chi connectivity index (χ0v) is 17.4. The van der Waals surface area contributed by atoms with E-state index in [1.807, 2.05) is 6.08 Å². The van der Waals surface area contributed by atoms with Crippen LogP contribution in [-0.4, -0.2) is 48.6 Å². The van der Waals surface area contributed by atoms with Gasteiger partial charge >= 0.3 is 0 Å². The number of ketones is 1. The Labute approximate surface area is 171 Å². The molecule has 0 unspecified atom stereocenters. The van der Waals surface area contributed by atoms with Gasteiger partial charge in [0.15, 0.2) is 19.4 Å². The maximum absolute atomic E-state index is 12.1. The molecule has 1 N–H and O–H groups in total. The van der Waals surface area contributed by atoms with Gasteiger partial charge in [0.05, 0.1) is 6.10 Å². The fraction of sp³-hybridized carbons (Fsp3) is 0.870. The average molecular weight is 405 g/mol. The highest BCUT2D eigenvalue weighted by atomic mass is 16.9. The van der Waals surface area contributed by atoms with E-state index in [-0.39, 0.29) is 36.1 Å². The van der Waals surface area contributed by atoms with E-state index in [4.69, 9.17) is 18.9 Å². The Hall–Kier alpha value is -0.790. The van der Waals surface area contributed by atoms with Crippen LogP contribution >= 0.6 is 0 Å². The van der Waals surface area contributed by atoms with Gasteiger partial charge in [0.2, 0.25) is 5.79 Å². The lowest BCUT2D eigenvalue weighted by atomic mass is 9.45. The van der Waals surface area contributed by atoms with Gasteiger partial charge in [-0.05, 0) is 67.8 Å². The molecule has 0 amide bonds. The molecule has 0 aromatic rings. The number of ether oxygens (including phenoxy) is 4. The molecule has 6 aliphatic rings. The minimum atomic E-state index is -0.843. The number of rotatable bonds is 0. The van der Waals surface area contributed by atoms with Crippen molar-refractivity contribution in [3.63, 3.8) is 0 Å². The number of hydrogen-bond donors (Lipinski definition) is 1. The second-order valence-electron chi connectivity index (χ2n) is 10.7. The molecule has 6 nitrogen and oxygen atoms in total. The topological polar surface area (TPSA) is 74.2 Å². The highest BCUT2D eigenvalue weighted by molar-refractivity contribution is 5.91. The summed E-state index contributed by atoms with van der Waals surface area (Å²) in [5.41, 5.74) is 0.423. The first-order valence-corrected chi connectivity index (χ1v) is 11.3. The third-order valence-electron chi connectivity index (χ3n) is 9.90. The molecule has 29 heavy (non-hydrogen) atoms. The number of carbonyl (C=O) groups excluding carboxylic acids is 1. The zero-order chi connectivity index (χ0) is 20.1. The van der Waals surface area contributed by atoms with Crippen LogP contribution in [0.15, 0.2) is 11.6 Å². The molecule has 0 radical (unpaired) electrons. The second-order valence-corrected chi connectivity index (χ2v) is 10.7. The van der Waals surface area contributed by atoms with E-state index in [0.717, 1.165) is 32.1 Å². The fourth-order valence-electron chi connectivity index (χ4n) is 8.66. The Morgan fingerprint density at radius 1 is 1.07 bits per heavy atom. The first kappa shape index (κ1) is 18.9. The van der Waals surface area contributed by atoms with E-state index in [9.17, 15) is 9.90 Å². The monoisotopic (exact) mass is 404 g/mol. The standard InChI is InChI=1S/C23H32O6/c1-20-7-5-15(24)9-14(20)3-4-16-17-6-8-22(21(17,2)10-18(25)19(16)20)23(29-13-27-22)11-26-12-28-23/h9,16-19,25H,3-8,10-13H2,1-2H3/t16-,17-,18-,19+,20-,21-,22-,23+/m0/s1. The molecule has 6 rings (SSSR count). The quantitative estimate of drug-likeness (QED) is 0.669. The van der Waals surface area contributed by atoms with Gasteiger partial charge in [-0.15, -0.1) is 0 Å². The molecule has 2 spiro atoms. The smallest absolute Gasteiger partial charge is 0.226 e. The Kier molecular flexibility index (Phi) is 3.86. The number of aliphatic hydroxyl groups excluding tert-OH is 1. The Bertz CT molecular complexity index is 766. The van der Waals surface area contributed by atoms with Gasteiger partial charge in [0, 0.05) is 11.8 Å². The number of allylic oxidation sites excluding steroid dienone is 1. The minimum Gasteiger partial charge on any atom is -0.393 e. The van der Waals surface area contributed by atoms with Crippen molar-refractivity contribution in [3.8, 4) is 0 Å². The van der Waals surface area contributed by atoms with E-state index >= 15 is 0 Å². The summed E-state index contributed by atoms with van der Waals surface area (Å²) >= 11 is 0. The van der Waals surface area contributed by atoms with Crippen LogP contribution in [0.2, 0.25) is 0 Å². The molecule has 2 aliphatic heterocycles. The van der Waals surface area contributed by atoms with Crippen molar-refractivity contribution >= 4 is 5.78 Å². The molecule has 2 heterocycles. The summed E-state index contributed by atoms with van der Waals surface area (Å²) in [5, 5.41) is 11.6. The number of fused-ring (bicyclic) bond motifs is 7. The van der Waals surface area contributed by atoms with Crippen LogP contribution in [0.3, 0.4) is 0 Å². The molecule has 8 atom stereocenters. The van der Waals surface area contributed by atoms with Crippen LogP contribution < -0.4 is 0 Å². The zero-order valence-electron chi connectivity index (χ0n) is 17.4. The van der Waals surface area contributed by atoms with E-state index < -0.39 is 17.5 Å². The van der Waals surface area contributed by atoms with Gasteiger partial charge in [-0.3, -0.25) is 4.79 Å². The van der Waals surface area contributed by atoms with Crippen molar-refractivity contribution in [3.05, 3.63) is 11.6 Å². The van der Waals surface area contributed by atoms with Gasteiger partial charge in [-0.1, -0.05) is 19.4 Å². The van der Waals surface area contributed by atoms with Gasteiger partial charge in [-0.25, -0.2) is 0 Å². The first-order chi connectivity index (χ1) is 13.9. The normalized spacial score (nSPS) is 56.4. The van der Waals surface area contributed by atoms with E-state index in [1.165, 1.54) is 5.57 Å². The number of aliphatic hydroxyl groups is 1. The van der Waals surface area contributed by atoms with Gasteiger partial charge < -0.3 is 24.1 Å². The SMILES string of the molecule is C[C@]12CCC(=O)C=C1CC[C@@H]1[C@@H]2[C@@H](O)C[C@@]2(C)[C@H]1CC[C@]21OCO[C@]12COCO2.